The molecule has 0 aromatic heterocycles. The Balaban J connectivity index is 1.57. The van der Waals surface area contributed by atoms with Gasteiger partial charge in [-0.1, -0.05) is 0 Å². The van der Waals surface area contributed by atoms with Gasteiger partial charge in [0.2, 0.25) is 0 Å². The van der Waals surface area contributed by atoms with Crippen LogP contribution in [0.25, 0.3) is 16.7 Å². The van der Waals surface area contributed by atoms with Crippen LogP contribution in [-0.2, 0) is 12.6 Å². The van der Waals surface area contributed by atoms with E-state index >= 15 is 0 Å². The molecule has 0 fully saturated rings. The summed E-state index contributed by atoms with van der Waals surface area (Å²) < 4.78 is 2.59. The second-order valence-corrected chi connectivity index (χ2v) is 18.2. The third-order valence-electron chi connectivity index (χ3n) is 7.98. The van der Waals surface area contributed by atoms with Crippen molar-refractivity contribution in [3.63, 3.8) is 0 Å². The van der Waals surface area contributed by atoms with Gasteiger partial charge in [-0.25, -0.2) is 0 Å². The summed E-state index contributed by atoms with van der Waals surface area (Å²) in [5.74, 6) is 0. The molecule has 3 aromatic rings. The van der Waals surface area contributed by atoms with Crippen molar-refractivity contribution < 1.29 is 0 Å². The zero-order chi connectivity index (χ0) is 31.2. The Bertz CT molecular complexity index is 1710. The van der Waals surface area contributed by atoms with Gasteiger partial charge in [0, 0.05) is 0 Å². The van der Waals surface area contributed by atoms with E-state index in [1.54, 1.807) is 0 Å². The summed E-state index contributed by atoms with van der Waals surface area (Å²) in [5, 5.41) is 0. The fourth-order valence-corrected chi connectivity index (χ4v) is 9.69. The number of hydrogen-bond acceptors (Lipinski definition) is 3. The molecular formula is C38H39N2Pb2S2+. The number of rotatable bonds is 8. The Morgan fingerprint density at radius 3 is 2.34 bits per heavy atom. The van der Waals surface area contributed by atoms with E-state index in [-0.39, 0.29) is 0 Å². The van der Waals surface area contributed by atoms with Crippen LogP contribution in [0.1, 0.15) is 36.0 Å². The van der Waals surface area contributed by atoms with Crippen LogP contribution >= 0.6 is 11.8 Å². The van der Waals surface area contributed by atoms with Gasteiger partial charge in [-0.05, 0) is 0 Å². The molecule has 44 heavy (non-hydrogen) atoms. The summed E-state index contributed by atoms with van der Waals surface area (Å²) in [6.07, 6.45) is 17.6. The predicted molar refractivity (Wildman–Crippen MR) is 201 cm³/mol. The molecule has 1 heterocycles. The van der Waals surface area contributed by atoms with Gasteiger partial charge in [-0.15, -0.1) is 0 Å². The summed E-state index contributed by atoms with van der Waals surface area (Å²) in [6, 6.07) is 24.5. The van der Waals surface area contributed by atoms with E-state index in [1.807, 2.05) is 11.8 Å². The van der Waals surface area contributed by atoms with Crippen LogP contribution in [0.15, 0.2) is 127 Å². The molecule has 2 aliphatic rings. The number of benzene rings is 3. The molecule has 0 saturated heterocycles. The van der Waals surface area contributed by atoms with Gasteiger partial charge in [0.25, 0.3) is 0 Å². The van der Waals surface area contributed by atoms with Crippen molar-refractivity contribution in [1.29, 1.82) is 0 Å². The first kappa shape index (κ1) is 33.6. The Morgan fingerprint density at radius 2 is 1.64 bits per heavy atom. The average Bonchev–Trinajstić information content (AvgIpc) is 3.01. The number of nitrogens with zero attached hydrogens (tertiary/aromatic N) is 2. The fourth-order valence-electron chi connectivity index (χ4n) is 5.67. The molecule has 1 aliphatic carbocycles. The standard InChI is InChI=1S/C38H38N2S2.2Pb/c1-6-27(34-21-19-32(39(2)3)25-36(34)41)15-17-30-13-10-14-31(38(30)29-11-8-7-9-12-29)18-16-28-23-24-42-37-26-33(40(4)5)20-22-35(28)37;;/h6-9,11-12,15-23,25-26,41H,1,10,13-14H2,2-5H3;;/p+1/b17-15+,27-6-,28-16+,31-18+;;. The van der Waals surface area contributed by atoms with Crippen molar-refractivity contribution in [3.8, 4) is 0 Å². The molecule has 6 radical (unpaired) electrons. The van der Waals surface area contributed by atoms with Crippen LogP contribution in [0, 0.1) is 0 Å². The van der Waals surface area contributed by atoms with Crippen molar-refractivity contribution in [2.24, 2.45) is 0 Å². The third kappa shape index (κ3) is 8.14. The van der Waals surface area contributed by atoms with Crippen molar-refractivity contribution in [2.45, 2.75) is 33.0 Å². The number of fused-ring (bicyclic) bond motifs is 1. The minimum absolute atomic E-state index is 1.05. The fraction of sp³-hybridized carbons (Fsp3) is 0.211. The van der Waals surface area contributed by atoms with E-state index in [1.165, 1.54) is 63.3 Å². The van der Waals surface area contributed by atoms with Crippen molar-refractivity contribution in [1.82, 2.24) is 0 Å². The van der Waals surface area contributed by atoms with Crippen LogP contribution in [0.3, 0.4) is 0 Å². The van der Waals surface area contributed by atoms with Gasteiger partial charge < -0.3 is 0 Å². The number of anilines is 2. The SMILES string of the molecule is CN(C)c1ccc(C(=C\[CH2][Pb])/C=C/C2=C(c3ccccc3)C(=C/C=C3\C=[C]([Pb])Sc4cc(N(C)C)ccc43)/CCC2)c([SH2+])c1. The Hall–Kier alpha value is -1.76. The number of hydrogen-bond donors (Lipinski definition) is 0. The topological polar surface area (TPSA) is 6.48 Å². The van der Waals surface area contributed by atoms with E-state index in [9.17, 15) is 0 Å². The first-order valence-electron chi connectivity index (χ1n) is 14.9. The quantitative estimate of drug-likeness (QED) is 0.127. The molecule has 3 aromatic carbocycles. The van der Waals surface area contributed by atoms with Gasteiger partial charge in [0.15, 0.2) is 0 Å². The maximum atomic E-state index is 3.93. The van der Waals surface area contributed by atoms with Gasteiger partial charge in [0.1, 0.15) is 0 Å². The molecule has 0 bridgehead atoms. The summed E-state index contributed by atoms with van der Waals surface area (Å²) in [7, 11) is 8.40. The van der Waals surface area contributed by atoms with E-state index in [4.69, 9.17) is 0 Å². The summed E-state index contributed by atoms with van der Waals surface area (Å²) >= 11 is 8.05. The average molecular weight is 1000 g/mol. The Kier molecular flexibility index (Phi) is 12.0. The molecule has 0 N–H and O–H groups in total. The molecule has 0 saturated carbocycles. The first-order valence-corrected chi connectivity index (χ1v) is 20.9. The van der Waals surface area contributed by atoms with Crippen LogP contribution in [0.5, 0.6) is 0 Å². The normalized spacial score (nSPS) is 17.3. The third-order valence-corrected chi connectivity index (χ3v) is 11.8. The summed E-state index contributed by atoms with van der Waals surface area (Å²) in [5.41, 5.74) is 13.2. The molecule has 0 spiro atoms. The molecule has 5 rings (SSSR count). The van der Waals surface area contributed by atoms with E-state index in [2.05, 4.69) is 154 Å². The molecule has 6 heteroatoms. The predicted octanol–water partition coefficient (Wildman–Crippen LogP) is 8.48. The molecule has 0 amide bonds. The van der Waals surface area contributed by atoms with E-state index in [0.29, 0.717) is 0 Å². The molecule has 0 unspecified atom stereocenters. The van der Waals surface area contributed by atoms with Crippen LogP contribution < -0.4 is 9.80 Å². The van der Waals surface area contributed by atoms with Crippen molar-refractivity contribution in [3.05, 3.63) is 133 Å². The van der Waals surface area contributed by atoms with Gasteiger partial charge >= 0.3 is 309 Å². The van der Waals surface area contributed by atoms with E-state index < -0.39 is 0 Å². The van der Waals surface area contributed by atoms with E-state index in [0.717, 1.165) is 79.7 Å². The van der Waals surface area contributed by atoms with Gasteiger partial charge in [0.05, 0.1) is 0 Å². The molecule has 1 aliphatic heterocycles. The molecule has 2 nitrogen and oxygen atoms in total. The maximum absolute atomic E-state index is 3.93. The monoisotopic (exact) mass is 1000 g/mol. The second kappa shape index (κ2) is 15.7. The van der Waals surface area contributed by atoms with Crippen LogP contribution in [0.4, 0.5) is 11.4 Å². The first-order chi connectivity index (χ1) is 21.2. The minimum atomic E-state index is 1.05. The van der Waals surface area contributed by atoms with Crippen LogP contribution in [0.2, 0.25) is 3.98 Å². The van der Waals surface area contributed by atoms with Crippen molar-refractivity contribution >= 4 is 104 Å². The zero-order valence-corrected chi connectivity index (χ0v) is 35.5. The molecule has 0 atom stereocenters. The van der Waals surface area contributed by atoms with Crippen LogP contribution in [-0.4, -0.2) is 79.7 Å². The number of allylic oxidation sites excluding steroid dienone is 11. The zero-order valence-electron chi connectivity index (χ0n) is 25.9. The molecular weight excluding hydrogens is 963 g/mol. The second-order valence-electron chi connectivity index (χ2n) is 11.4. The number of thioether (sulfide) groups is 1. The van der Waals surface area contributed by atoms with Crippen molar-refractivity contribution in [2.75, 3.05) is 38.0 Å². The summed E-state index contributed by atoms with van der Waals surface area (Å²) in [4.78, 5) is 6.82. The Labute approximate surface area is 305 Å². The molecule has 220 valence electrons. The van der Waals surface area contributed by atoms with Gasteiger partial charge in [-0.3, -0.25) is 0 Å². The summed E-state index contributed by atoms with van der Waals surface area (Å²) in [6.45, 7) is 0. The Morgan fingerprint density at radius 1 is 0.909 bits per heavy atom. The van der Waals surface area contributed by atoms with Gasteiger partial charge in [-0.2, -0.15) is 0 Å².